The molecule has 0 unspecified atom stereocenters. The standard InChI is InChI=1S/C20H29N5O.HI/c1-20(2,3)24-18(26)17-9-7-8-16(14-17)15-23-19(21-4)22-10-13-25-11-5-6-12-25;/h5-9,11-12,14H,10,13,15H2,1-4H3,(H,24,26)(H2,21,22,23);1H. The summed E-state index contributed by atoms with van der Waals surface area (Å²) in [5.41, 5.74) is 1.44. The van der Waals surface area contributed by atoms with Gasteiger partial charge in [-0.15, -0.1) is 24.0 Å². The van der Waals surface area contributed by atoms with Crippen LogP contribution in [0.25, 0.3) is 0 Å². The number of hydrogen-bond acceptors (Lipinski definition) is 2. The SMILES string of the molecule is CN=C(NCCn1cccc1)NCc1cccc(C(=O)NC(C)(C)C)c1.I. The Balaban J connectivity index is 0.00000364. The van der Waals surface area contributed by atoms with E-state index in [0.717, 1.165) is 24.6 Å². The molecule has 0 spiro atoms. The maximum atomic E-state index is 12.3. The average molecular weight is 483 g/mol. The van der Waals surface area contributed by atoms with Gasteiger partial charge in [-0.2, -0.15) is 0 Å². The molecule has 1 aromatic carbocycles. The highest BCUT2D eigenvalue weighted by Gasteiger charge is 2.15. The zero-order valence-corrected chi connectivity index (χ0v) is 18.8. The van der Waals surface area contributed by atoms with Crippen LogP contribution in [-0.2, 0) is 13.1 Å². The quantitative estimate of drug-likeness (QED) is 0.336. The van der Waals surface area contributed by atoms with Crippen molar-refractivity contribution in [2.75, 3.05) is 13.6 Å². The van der Waals surface area contributed by atoms with Crippen LogP contribution in [0.1, 0.15) is 36.7 Å². The molecule has 148 valence electrons. The number of hydrogen-bond donors (Lipinski definition) is 3. The molecule has 1 aromatic heterocycles. The van der Waals surface area contributed by atoms with Crippen LogP contribution in [0.15, 0.2) is 53.8 Å². The smallest absolute Gasteiger partial charge is 0.251 e. The van der Waals surface area contributed by atoms with Gasteiger partial charge in [-0.25, -0.2) is 0 Å². The van der Waals surface area contributed by atoms with E-state index in [1.165, 1.54) is 0 Å². The van der Waals surface area contributed by atoms with Gasteiger partial charge in [-0.3, -0.25) is 9.79 Å². The lowest BCUT2D eigenvalue weighted by Gasteiger charge is -2.20. The fraction of sp³-hybridized carbons (Fsp3) is 0.400. The van der Waals surface area contributed by atoms with Crippen molar-refractivity contribution >= 4 is 35.8 Å². The number of carbonyl (C=O) groups excluding carboxylic acids is 1. The third kappa shape index (κ3) is 8.47. The molecule has 0 fully saturated rings. The van der Waals surface area contributed by atoms with E-state index >= 15 is 0 Å². The Kier molecular flexibility index (Phi) is 9.34. The summed E-state index contributed by atoms with van der Waals surface area (Å²) in [4.78, 5) is 16.5. The van der Waals surface area contributed by atoms with E-state index in [-0.39, 0.29) is 35.4 Å². The second-order valence-electron chi connectivity index (χ2n) is 7.18. The lowest BCUT2D eigenvalue weighted by Crippen LogP contribution is -2.40. The molecule has 1 heterocycles. The second-order valence-corrected chi connectivity index (χ2v) is 7.18. The first kappa shape index (κ1) is 23.0. The number of amides is 1. The highest BCUT2D eigenvalue weighted by Crippen LogP contribution is 2.08. The van der Waals surface area contributed by atoms with Gasteiger partial charge in [-0.05, 0) is 50.6 Å². The number of guanidine groups is 1. The Morgan fingerprint density at radius 3 is 2.44 bits per heavy atom. The third-order valence-corrected chi connectivity index (χ3v) is 3.69. The summed E-state index contributed by atoms with van der Waals surface area (Å²) in [6.07, 6.45) is 4.07. The fourth-order valence-electron chi connectivity index (χ4n) is 2.46. The van der Waals surface area contributed by atoms with Gasteiger partial charge in [0.2, 0.25) is 0 Å². The lowest BCUT2D eigenvalue weighted by atomic mass is 10.1. The summed E-state index contributed by atoms with van der Waals surface area (Å²) in [7, 11) is 1.75. The summed E-state index contributed by atoms with van der Waals surface area (Å²) in [5.74, 6) is 0.676. The van der Waals surface area contributed by atoms with Gasteiger partial charge in [0.05, 0.1) is 0 Å². The number of carbonyl (C=O) groups is 1. The van der Waals surface area contributed by atoms with Gasteiger partial charge >= 0.3 is 0 Å². The molecule has 0 saturated heterocycles. The highest BCUT2D eigenvalue weighted by atomic mass is 127. The van der Waals surface area contributed by atoms with Crippen LogP contribution in [-0.4, -0.2) is 35.6 Å². The van der Waals surface area contributed by atoms with Gasteiger partial charge in [-0.1, -0.05) is 12.1 Å². The summed E-state index contributed by atoms with van der Waals surface area (Å²) in [6, 6.07) is 11.6. The Labute approximate surface area is 178 Å². The monoisotopic (exact) mass is 483 g/mol. The number of rotatable bonds is 6. The average Bonchev–Trinajstić information content (AvgIpc) is 3.10. The van der Waals surface area contributed by atoms with Crippen molar-refractivity contribution < 1.29 is 4.79 Å². The first-order valence-electron chi connectivity index (χ1n) is 8.84. The first-order chi connectivity index (χ1) is 12.4. The third-order valence-electron chi connectivity index (χ3n) is 3.69. The summed E-state index contributed by atoms with van der Waals surface area (Å²) < 4.78 is 2.11. The molecule has 2 aromatic rings. The number of nitrogens with zero attached hydrogens (tertiary/aromatic N) is 2. The van der Waals surface area contributed by atoms with Crippen LogP contribution in [0.2, 0.25) is 0 Å². The van der Waals surface area contributed by atoms with E-state index < -0.39 is 0 Å². The van der Waals surface area contributed by atoms with E-state index in [2.05, 4.69) is 25.5 Å². The molecule has 0 bridgehead atoms. The largest absolute Gasteiger partial charge is 0.355 e. The summed E-state index contributed by atoms with van der Waals surface area (Å²) >= 11 is 0. The minimum absolute atomic E-state index is 0. The van der Waals surface area contributed by atoms with Crippen molar-refractivity contribution in [2.45, 2.75) is 39.4 Å². The van der Waals surface area contributed by atoms with Crippen LogP contribution in [0.4, 0.5) is 0 Å². The van der Waals surface area contributed by atoms with E-state index in [4.69, 9.17) is 0 Å². The Bertz CT molecular complexity index is 735. The topological polar surface area (TPSA) is 70.5 Å². The molecule has 3 N–H and O–H groups in total. The molecule has 0 atom stereocenters. The van der Waals surface area contributed by atoms with Gasteiger partial charge in [0.1, 0.15) is 0 Å². The van der Waals surface area contributed by atoms with Gasteiger partial charge in [0.25, 0.3) is 5.91 Å². The molecule has 0 saturated carbocycles. The van der Waals surface area contributed by atoms with Gasteiger partial charge < -0.3 is 20.5 Å². The molecular weight excluding hydrogens is 453 g/mol. The molecule has 0 aliphatic carbocycles. The van der Waals surface area contributed by atoms with Crippen LogP contribution in [0.5, 0.6) is 0 Å². The maximum absolute atomic E-state index is 12.3. The normalized spacial score (nSPS) is 11.5. The van der Waals surface area contributed by atoms with Crippen LogP contribution in [0, 0.1) is 0 Å². The number of halogens is 1. The number of aliphatic imine (C=N–C) groups is 1. The molecule has 0 radical (unpaired) electrons. The summed E-state index contributed by atoms with van der Waals surface area (Å²) in [6.45, 7) is 8.16. The minimum atomic E-state index is -0.253. The number of aromatic nitrogens is 1. The van der Waals surface area contributed by atoms with Gasteiger partial charge in [0, 0.05) is 50.2 Å². The van der Waals surface area contributed by atoms with Crippen molar-refractivity contribution in [1.82, 2.24) is 20.5 Å². The Hall–Kier alpha value is -2.03. The predicted molar refractivity (Wildman–Crippen MR) is 122 cm³/mol. The Morgan fingerprint density at radius 1 is 1.11 bits per heavy atom. The second kappa shape index (κ2) is 11.0. The fourth-order valence-corrected chi connectivity index (χ4v) is 2.46. The summed E-state index contributed by atoms with van der Waals surface area (Å²) in [5, 5.41) is 9.55. The van der Waals surface area contributed by atoms with Crippen molar-refractivity contribution in [3.63, 3.8) is 0 Å². The van der Waals surface area contributed by atoms with Crippen molar-refractivity contribution in [3.05, 3.63) is 59.9 Å². The molecule has 2 rings (SSSR count). The number of nitrogens with one attached hydrogen (secondary N) is 3. The molecule has 27 heavy (non-hydrogen) atoms. The molecule has 6 nitrogen and oxygen atoms in total. The highest BCUT2D eigenvalue weighted by molar-refractivity contribution is 14.0. The molecule has 1 amide bonds. The van der Waals surface area contributed by atoms with E-state index in [0.29, 0.717) is 12.1 Å². The maximum Gasteiger partial charge on any atom is 0.251 e. The van der Waals surface area contributed by atoms with Crippen molar-refractivity contribution in [3.8, 4) is 0 Å². The first-order valence-corrected chi connectivity index (χ1v) is 8.84. The van der Waals surface area contributed by atoms with Crippen LogP contribution >= 0.6 is 24.0 Å². The van der Waals surface area contributed by atoms with E-state index in [1.807, 2.05) is 69.6 Å². The lowest BCUT2D eigenvalue weighted by molar-refractivity contribution is 0.0919. The van der Waals surface area contributed by atoms with Crippen molar-refractivity contribution in [1.29, 1.82) is 0 Å². The van der Waals surface area contributed by atoms with Gasteiger partial charge in [0.15, 0.2) is 5.96 Å². The molecular formula is C20H30IN5O. The van der Waals surface area contributed by atoms with E-state index in [1.54, 1.807) is 7.05 Å². The zero-order chi connectivity index (χ0) is 19.0. The predicted octanol–water partition coefficient (Wildman–Crippen LogP) is 3.00. The van der Waals surface area contributed by atoms with Crippen LogP contribution in [0.3, 0.4) is 0 Å². The molecule has 7 heteroatoms. The zero-order valence-electron chi connectivity index (χ0n) is 16.5. The minimum Gasteiger partial charge on any atom is -0.355 e. The molecule has 0 aliphatic rings. The van der Waals surface area contributed by atoms with E-state index in [9.17, 15) is 4.79 Å². The van der Waals surface area contributed by atoms with Crippen LogP contribution < -0.4 is 16.0 Å². The Morgan fingerprint density at radius 2 is 1.81 bits per heavy atom. The molecule has 0 aliphatic heterocycles. The number of benzene rings is 1. The van der Waals surface area contributed by atoms with Crippen molar-refractivity contribution in [2.24, 2.45) is 4.99 Å².